The number of aliphatic carboxylic acids is 1. The maximum absolute atomic E-state index is 12.7. The van der Waals surface area contributed by atoms with E-state index in [2.05, 4.69) is 4.99 Å². The molecular formula is C13H13F6N3O2. The van der Waals surface area contributed by atoms with Crippen LogP contribution in [0.1, 0.15) is 23.6 Å². The molecule has 0 aliphatic carbocycles. The first-order chi connectivity index (χ1) is 10.8. The van der Waals surface area contributed by atoms with E-state index in [-0.39, 0.29) is 0 Å². The van der Waals surface area contributed by atoms with E-state index in [1.807, 2.05) is 0 Å². The fourth-order valence-electron chi connectivity index (χ4n) is 1.43. The van der Waals surface area contributed by atoms with E-state index in [4.69, 9.17) is 21.0 Å². The van der Waals surface area contributed by atoms with Gasteiger partial charge in [-0.15, -0.1) is 0 Å². The fourth-order valence-corrected chi connectivity index (χ4v) is 1.43. The number of halogens is 6. The minimum atomic E-state index is -4.95. The number of benzene rings is 1. The quantitative estimate of drug-likeness (QED) is 0.440. The topological polar surface area (TPSA) is 99.5 Å². The van der Waals surface area contributed by atoms with Crippen LogP contribution in [0, 0.1) is 5.41 Å². The first kappa shape index (κ1) is 21.4. The Labute approximate surface area is 132 Å². The molecule has 1 aromatic rings. The fraction of sp³-hybridized carbons (Fsp3) is 0.308. The number of amidine groups is 1. The Morgan fingerprint density at radius 2 is 1.58 bits per heavy atom. The van der Waals surface area contributed by atoms with E-state index in [1.165, 1.54) is 0 Å². The molecule has 4 N–H and O–H groups in total. The Hall–Kier alpha value is -2.59. The summed E-state index contributed by atoms with van der Waals surface area (Å²) in [5.41, 5.74) is 0.951. The lowest BCUT2D eigenvalue weighted by Crippen LogP contribution is -2.17. The first-order valence-corrected chi connectivity index (χ1v) is 6.06. The van der Waals surface area contributed by atoms with Crippen LogP contribution in [0.3, 0.4) is 0 Å². The van der Waals surface area contributed by atoms with Crippen LogP contribution >= 0.6 is 0 Å². The smallest absolute Gasteiger partial charge is 0.417 e. The lowest BCUT2D eigenvalue weighted by Gasteiger charge is -2.15. The van der Waals surface area contributed by atoms with E-state index in [0.717, 1.165) is 6.92 Å². The molecular weight excluding hydrogens is 344 g/mol. The summed E-state index contributed by atoms with van der Waals surface area (Å²) >= 11 is 0. The van der Waals surface area contributed by atoms with Gasteiger partial charge in [0.25, 0.3) is 5.97 Å². The number of carboxylic acid groups (broad SMARTS) is 1. The monoisotopic (exact) mass is 357 g/mol. The third-order valence-electron chi connectivity index (χ3n) is 2.20. The second-order valence-corrected chi connectivity index (χ2v) is 4.28. The van der Waals surface area contributed by atoms with Crippen molar-refractivity contribution in [1.82, 2.24) is 0 Å². The van der Waals surface area contributed by atoms with Gasteiger partial charge in [-0.05, 0) is 12.1 Å². The number of hydrogen-bond donors (Lipinski definition) is 3. The zero-order valence-electron chi connectivity index (χ0n) is 12.2. The molecule has 134 valence electrons. The van der Waals surface area contributed by atoms with Gasteiger partial charge in [-0.3, -0.25) is 15.2 Å². The molecule has 0 atom stereocenters. The van der Waals surface area contributed by atoms with E-state index < -0.39 is 47.4 Å². The van der Waals surface area contributed by atoms with Gasteiger partial charge in [0.05, 0.1) is 17.7 Å². The van der Waals surface area contributed by atoms with E-state index in [9.17, 15) is 26.3 Å². The minimum absolute atomic E-state index is 0.438. The van der Waals surface area contributed by atoms with Crippen molar-refractivity contribution in [3.63, 3.8) is 0 Å². The number of hydrogen-bond acceptors (Lipinski definition) is 3. The van der Waals surface area contributed by atoms with Crippen molar-refractivity contribution in [2.75, 3.05) is 6.54 Å². The van der Waals surface area contributed by atoms with Gasteiger partial charge < -0.3 is 10.8 Å². The van der Waals surface area contributed by atoms with Gasteiger partial charge in [0.1, 0.15) is 5.84 Å². The Kier molecular flexibility index (Phi) is 7.42. The zero-order chi connectivity index (χ0) is 19.1. The highest BCUT2D eigenvalue weighted by molar-refractivity contribution is 5.87. The molecule has 0 spiro atoms. The number of rotatable bonds is 3. The van der Waals surface area contributed by atoms with E-state index in [1.54, 1.807) is 0 Å². The molecule has 11 heteroatoms. The summed E-state index contributed by atoms with van der Waals surface area (Å²) in [6, 6.07) is 1.74. The van der Waals surface area contributed by atoms with Crippen molar-refractivity contribution >= 4 is 18.0 Å². The van der Waals surface area contributed by atoms with Gasteiger partial charge in [-0.2, -0.15) is 26.3 Å². The summed E-state index contributed by atoms with van der Waals surface area (Å²) < 4.78 is 76.2. The maximum Gasteiger partial charge on any atom is 0.417 e. The van der Waals surface area contributed by atoms with Gasteiger partial charge in [0.2, 0.25) is 0 Å². The van der Waals surface area contributed by atoms with Gasteiger partial charge in [0.15, 0.2) is 0 Å². The predicted octanol–water partition coefficient (Wildman–Crippen LogP) is 3.17. The molecule has 0 saturated heterocycles. The third-order valence-corrected chi connectivity index (χ3v) is 2.20. The number of carbonyl (C=O) groups is 1. The van der Waals surface area contributed by atoms with Crippen molar-refractivity contribution in [3.05, 3.63) is 34.9 Å². The minimum Gasteiger partial charge on any atom is -0.481 e. The highest BCUT2D eigenvalue weighted by Gasteiger charge is 2.39. The average Bonchev–Trinajstić information content (AvgIpc) is 2.35. The first-order valence-electron chi connectivity index (χ1n) is 6.06. The molecule has 24 heavy (non-hydrogen) atoms. The number of alkyl halides is 6. The number of aliphatic imine (C=N–C) groups is 1. The molecule has 0 radical (unpaired) electrons. The van der Waals surface area contributed by atoms with Gasteiger partial charge in [-0.25, -0.2) is 0 Å². The summed E-state index contributed by atoms with van der Waals surface area (Å²) in [6.45, 7) is 0.601. The Morgan fingerprint density at radius 1 is 1.21 bits per heavy atom. The summed E-state index contributed by atoms with van der Waals surface area (Å²) in [5, 5.41) is 14.2. The predicted molar refractivity (Wildman–Crippen MR) is 74.1 cm³/mol. The summed E-state index contributed by atoms with van der Waals surface area (Å²) in [5.74, 6) is -1.31. The van der Waals surface area contributed by atoms with Crippen LogP contribution in [0.15, 0.2) is 23.2 Å². The van der Waals surface area contributed by atoms with Crippen molar-refractivity contribution < 1.29 is 36.2 Å². The second-order valence-electron chi connectivity index (χ2n) is 4.28. The average molecular weight is 357 g/mol. The highest BCUT2D eigenvalue weighted by Crippen LogP contribution is 2.38. The molecule has 1 aromatic carbocycles. The van der Waals surface area contributed by atoms with E-state index in [0.29, 0.717) is 24.4 Å². The van der Waals surface area contributed by atoms with Crippen molar-refractivity contribution in [1.29, 1.82) is 5.41 Å². The van der Waals surface area contributed by atoms with Crippen LogP contribution in [0.25, 0.3) is 0 Å². The molecule has 0 heterocycles. The van der Waals surface area contributed by atoms with E-state index >= 15 is 0 Å². The Morgan fingerprint density at radius 3 is 1.88 bits per heavy atom. The molecule has 0 fully saturated rings. The van der Waals surface area contributed by atoms with Crippen LogP contribution < -0.4 is 5.73 Å². The maximum atomic E-state index is 12.7. The second kappa shape index (κ2) is 8.31. The lowest BCUT2D eigenvalue weighted by atomic mass is 10.0. The van der Waals surface area contributed by atoms with Gasteiger partial charge >= 0.3 is 12.4 Å². The summed E-state index contributed by atoms with van der Waals surface area (Å²) in [4.78, 5) is 12.3. The molecule has 0 amide bonds. The van der Waals surface area contributed by atoms with Gasteiger partial charge in [0, 0.05) is 18.7 Å². The number of nitrogens with zero attached hydrogens (tertiary/aromatic N) is 1. The van der Waals surface area contributed by atoms with Crippen LogP contribution in [0.2, 0.25) is 0 Å². The Balaban J connectivity index is 0.00000118. The number of nitrogens with two attached hydrogens (primary N) is 1. The molecule has 0 bridgehead atoms. The van der Waals surface area contributed by atoms with Crippen molar-refractivity contribution in [2.24, 2.45) is 10.7 Å². The molecule has 0 saturated carbocycles. The van der Waals surface area contributed by atoms with Crippen molar-refractivity contribution in [3.8, 4) is 0 Å². The van der Waals surface area contributed by atoms with Gasteiger partial charge in [-0.1, -0.05) is 6.07 Å². The molecule has 0 aliphatic heterocycles. The zero-order valence-corrected chi connectivity index (χ0v) is 12.2. The SMILES string of the molecule is CC(=O)O.N=C(N)CN=Cc1c(C(F)(F)F)cccc1C(F)(F)F. The third kappa shape index (κ3) is 7.61. The Bertz CT molecular complexity index is 587. The van der Waals surface area contributed by atoms with Crippen LogP contribution in [-0.2, 0) is 17.1 Å². The number of nitrogens with one attached hydrogen (secondary N) is 1. The highest BCUT2D eigenvalue weighted by atomic mass is 19.4. The summed E-state index contributed by atoms with van der Waals surface area (Å²) in [6.07, 6.45) is -9.45. The molecule has 0 aliphatic rings. The largest absolute Gasteiger partial charge is 0.481 e. The number of carboxylic acids is 1. The standard InChI is InChI=1S/C11H9F6N3.C2H4O2/c12-10(13,14)7-2-1-3-8(11(15,16)17)6(7)4-20-5-9(18)19;1-2(3)4/h1-4H,5H2,(H3,18,19);1H3,(H,3,4). The molecule has 1 rings (SSSR count). The molecule has 0 unspecified atom stereocenters. The normalized spacial score (nSPS) is 11.8. The molecule has 0 aromatic heterocycles. The molecule has 5 nitrogen and oxygen atoms in total. The lowest BCUT2D eigenvalue weighted by molar-refractivity contribution is -0.143. The van der Waals surface area contributed by atoms with Crippen LogP contribution in [-0.4, -0.2) is 29.7 Å². The van der Waals surface area contributed by atoms with Crippen LogP contribution in [0.5, 0.6) is 0 Å². The summed E-state index contributed by atoms with van der Waals surface area (Å²) in [7, 11) is 0. The van der Waals surface area contributed by atoms with Crippen LogP contribution in [0.4, 0.5) is 26.3 Å². The van der Waals surface area contributed by atoms with Crippen molar-refractivity contribution in [2.45, 2.75) is 19.3 Å².